The predicted octanol–water partition coefficient (Wildman–Crippen LogP) is 2.79. The van der Waals surface area contributed by atoms with Gasteiger partial charge in [0.25, 0.3) is 0 Å². The van der Waals surface area contributed by atoms with E-state index in [1.807, 2.05) is 0 Å². The first-order chi connectivity index (χ1) is 6.15. The lowest BCUT2D eigenvalue weighted by Crippen LogP contribution is -1.89. The normalized spacial score (nSPS) is 10.0. The average Bonchev–Trinajstić information content (AvgIpc) is 2.10. The number of phenolic OH excluding ortho intramolecular Hbond substituents is 1. The molecule has 0 amide bonds. The third kappa shape index (κ3) is 2.28. The molecular weight excluding hydrogens is 174 g/mol. The van der Waals surface area contributed by atoms with Gasteiger partial charge in [-0.3, -0.25) is 0 Å². The molecular formula is C10H10F2O. The Balaban J connectivity index is 2.92. The average molecular weight is 184 g/mol. The third-order valence-electron chi connectivity index (χ3n) is 1.71. The van der Waals surface area contributed by atoms with Crippen molar-refractivity contribution in [2.45, 2.75) is 12.8 Å². The van der Waals surface area contributed by atoms with E-state index < -0.39 is 17.4 Å². The molecule has 1 N–H and O–H groups in total. The second kappa shape index (κ2) is 4.03. The Bertz CT molecular complexity index is 298. The highest BCUT2D eigenvalue weighted by atomic mass is 19.1. The van der Waals surface area contributed by atoms with Crippen LogP contribution in [0.25, 0.3) is 0 Å². The summed E-state index contributed by atoms with van der Waals surface area (Å²) in [5.41, 5.74) is 0.521. The van der Waals surface area contributed by atoms with E-state index in [1.54, 1.807) is 6.08 Å². The van der Waals surface area contributed by atoms with Gasteiger partial charge in [0.05, 0.1) is 0 Å². The molecule has 0 atom stereocenters. The minimum atomic E-state index is -0.918. The number of halogens is 2. The first kappa shape index (κ1) is 9.71. The molecule has 0 heterocycles. The van der Waals surface area contributed by atoms with Crippen LogP contribution in [-0.2, 0) is 6.42 Å². The summed E-state index contributed by atoms with van der Waals surface area (Å²) in [7, 11) is 0. The zero-order valence-corrected chi connectivity index (χ0v) is 7.06. The Morgan fingerprint density at radius 2 is 1.85 bits per heavy atom. The summed E-state index contributed by atoms with van der Waals surface area (Å²) in [6.07, 6.45) is 2.85. The van der Waals surface area contributed by atoms with E-state index in [4.69, 9.17) is 5.11 Å². The molecule has 70 valence electrons. The summed E-state index contributed by atoms with van der Waals surface area (Å²) in [4.78, 5) is 0. The summed E-state index contributed by atoms with van der Waals surface area (Å²) in [5.74, 6) is -2.75. The first-order valence-corrected chi connectivity index (χ1v) is 3.93. The molecule has 0 bridgehead atoms. The molecule has 0 unspecified atom stereocenters. The van der Waals surface area contributed by atoms with Gasteiger partial charge in [0, 0.05) is 0 Å². The zero-order chi connectivity index (χ0) is 9.84. The van der Waals surface area contributed by atoms with Crippen molar-refractivity contribution in [1.29, 1.82) is 0 Å². The van der Waals surface area contributed by atoms with Gasteiger partial charge in [0.2, 0.25) is 0 Å². The van der Waals surface area contributed by atoms with Crippen molar-refractivity contribution in [3.8, 4) is 5.75 Å². The van der Waals surface area contributed by atoms with E-state index in [2.05, 4.69) is 6.58 Å². The van der Waals surface area contributed by atoms with Crippen molar-refractivity contribution in [3.05, 3.63) is 42.0 Å². The van der Waals surface area contributed by atoms with Crippen molar-refractivity contribution in [2.24, 2.45) is 0 Å². The van der Waals surface area contributed by atoms with Crippen molar-refractivity contribution < 1.29 is 13.9 Å². The Hall–Kier alpha value is -1.38. The van der Waals surface area contributed by atoms with E-state index in [0.717, 1.165) is 12.1 Å². The van der Waals surface area contributed by atoms with Crippen LogP contribution in [0.4, 0.5) is 8.78 Å². The van der Waals surface area contributed by atoms with Crippen LogP contribution in [0.5, 0.6) is 5.75 Å². The van der Waals surface area contributed by atoms with Gasteiger partial charge in [0.15, 0.2) is 17.4 Å². The van der Waals surface area contributed by atoms with E-state index in [9.17, 15) is 8.78 Å². The second-order valence-electron chi connectivity index (χ2n) is 2.74. The number of hydrogen-bond acceptors (Lipinski definition) is 1. The molecule has 13 heavy (non-hydrogen) atoms. The topological polar surface area (TPSA) is 20.2 Å². The Labute approximate surface area is 75.3 Å². The predicted molar refractivity (Wildman–Crippen MR) is 46.5 cm³/mol. The molecule has 0 aliphatic heterocycles. The number of allylic oxidation sites excluding steroid dienone is 1. The van der Waals surface area contributed by atoms with E-state index >= 15 is 0 Å². The maximum atomic E-state index is 12.8. The minimum Gasteiger partial charge on any atom is -0.503 e. The van der Waals surface area contributed by atoms with Crippen LogP contribution in [-0.4, -0.2) is 5.11 Å². The molecule has 3 heteroatoms. The molecule has 1 aromatic rings. The largest absolute Gasteiger partial charge is 0.503 e. The molecule has 0 saturated carbocycles. The number of hydrogen-bond donors (Lipinski definition) is 1. The molecule has 0 aromatic heterocycles. The monoisotopic (exact) mass is 184 g/mol. The van der Waals surface area contributed by atoms with Crippen LogP contribution in [0, 0.1) is 11.6 Å². The van der Waals surface area contributed by atoms with Crippen molar-refractivity contribution in [3.63, 3.8) is 0 Å². The Morgan fingerprint density at radius 3 is 2.31 bits per heavy atom. The summed E-state index contributed by atoms with van der Waals surface area (Å²) >= 11 is 0. The lowest BCUT2D eigenvalue weighted by molar-refractivity contribution is 0.395. The first-order valence-electron chi connectivity index (χ1n) is 3.93. The van der Waals surface area contributed by atoms with Gasteiger partial charge in [0.1, 0.15) is 0 Å². The number of benzene rings is 1. The van der Waals surface area contributed by atoms with Gasteiger partial charge in [-0.25, -0.2) is 8.78 Å². The number of aryl methyl sites for hydroxylation is 1. The molecule has 1 nitrogen and oxygen atoms in total. The third-order valence-corrected chi connectivity index (χ3v) is 1.71. The fraction of sp³-hybridized carbons (Fsp3) is 0.200. The van der Waals surface area contributed by atoms with Crippen LogP contribution in [0.3, 0.4) is 0 Å². The lowest BCUT2D eigenvalue weighted by Gasteiger charge is -2.01. The zero-order valence-electron chi connectivity index (χ0n) is 7.06. The van der Waals surface area contributed by atoms with Crippen LogP contribution < -0.4 is 0 Å². The molecule has 1 rings (SSSR count). The van der Waals surface area contributed by atoms with Crippen LogP contribution in [0.2, 0.25) is 0 Å². The Morgan fingerprint density at radius 1 is 1.31 bits per heavy atom. The minimum absolute atomic E-state index is 0.521. The SMILES string of the molecule is C=CCCc1cc(F)c(O)c(F)c1. The lowest BCUT2D eigenvalue weighted by atomic mass is 10.1. The van der Waals surface area contributed by atoms with Crippen LogP contribution >= 0.6 is 0 Å². The van der Waals surface area contributed by atoms with Gasteiger partial charge in [-0.1, -0.05) is 6.08 Å². The number of phenols is 1. The number of aromatic hydroxyl groups is 1. The fourth-order valence-electron chi connectivity index (χ4n) is 1.03. The van der Waals surface area contributed by atoms with E-state index in [1.165, 1.54) is 0 Å². The van der Waals surface area contributed by atoms with Gasteiger partial charge in [-0.15, -0.1) is 6.58 Å². The van der Waals surface area contributed by atoms with Crippen molar-refractivity contribution in [1.82, 2.24) is 0 Å². The van der Waals surface area contributed by atoms with Gasteiger partial charge < -0.3 is 5.11 Å². The summed E-state index contributed by atoms with van der Waals surface area (Å²) in [6, 6.07) is 2.25. The van der Waals surface area contributed by atoms with Gasteiger partial charge >= 0.3 is 0 Å². The molecule has 0 aliphatic carbocycles. The molecule has 0 spiro atoms. The van der Waals surface area contributed by atoms with Crippen molar-refractivity contribution >= 4 is 0 Å². The number of rotatable bonds is 3. The summed E-state index contributed by atoms with van der Waals surface area (Å²) in [6.45, 7) is 3.50. The van der Waals surface area contributed by atoms with Crippen LogP contribution in [0.15, 0.2) is 24.8 Å². The smallest absolute Gasteiger partial charge is 0.187 e. The summed E-state index contributed by atoms with van der Waals surface area (Å²) in [5, 5.41) is 8.79. The standard InChI is InChI=1S/C10H10F2O/c1-2-3-4-7-5-8(11)10(13)9(12)6-7/h2,5-6,13H,1,3-4H2. The molecule has 0 fully saturated rings. The highest BCUT2D eigenvalue weighted by Crippen LogP contribution is 2.21. The van der Waals surface area contributed by atoms with E-state index in [0.29, 0.717) is 18.4 Å². The fourth-order valence-corrected chi connectivity index (χ4v) is 1.03. The summed E-state index contributed by atoms with van der Waals surface area (Å²) < 4.78 is 25.5. The molecule has 1 aromatic carbocycles. The quantitative estimate of drug-likeness (QED) is 0.716. The highest BCUT2D eigenvalue weighted by Gasteiger charge is 2.08. The highest BCUT2D eigenvalue weighted by molar-refractivity contribution is 5.30. The molecule has 0 aliphatic rings. The van der Waals surface area contributed by atoms with Gasteiger partial charge in [-0.05, 0) is 30.5 Å². The molecule has 0 saturated heterocycles. The maximum Gasteiger partial charge on any atom is 0.187 e. The van der Waals surface area contributed by atoms with Crippen LogP contribution in [0.1, 0.15) is 12.0 Å². The van der Waals surface area contributed by atoms with E-state index in [-0.39, 0.29) is 0 Å². The Kier molecular flexibility index (Phi) is 3.01. The second-order valence-corrected chi connectivity index (χ2v) is 2.74. The van der Waals surface area contributed by atoms with Crippen molar-refractivity contribution in [2.75, 3.05) is 0 Å². The van der Waals surface area contributed by atoms with Gasteiger partial charge in [-0.2, -0.15) is 0 Å². The maximum absolute atomic E-state index is 12.8. The molecule has 0 radical (unpaired) electrons.